The standard InChI is InChI=1S/C33H35ClN8O12S2/c1-3-40-17-8-18(43)27(47)22(34)21(17)26(46)15(38-40)11-42(6-4-5-7-42)10-14-13(2)56-30-24(29(49)41(30)25(14)32(52)53)37-28(48)23(16-12-55-33(35)36-16)39-54-19(31(50)51)9-20(44)45/h8,12-13,19,24,30H,3-7,9-11H2,1-2H3,(H7-,35,36,37,38,39,43,44,45,46,47,48,50,51,52,53)/p+1/t13-,19-,24+,30+/m0/s1. The first-order chi connectivity index (χ1) is 26.5. The van der Waals surface area contributed by atoms with E-state index in [4.69, 9.17) is 27.3 Å². The number of anilines is 1. The predicted octanol–water partition coefficient (Wildman–Crippen LogP) is 1.11. The zero-order valence-corrected chi connectivity index (χ0v) is 32.1. The Morgan fingerprint density at radius 3 is 2.45 bits per heavy atom. The summed E-state index contributed by atoms with van der Waals surface area (Å²) in [6, 6.07) is -0.0429. The third-order valence-electron chi connectivity index (χ3n) is 9.81. The van der Waals surface area contributed by atoms with Crippen molar-refractivity contribution >= 4 is 86.2 Å². The van der Waals surface area contributed by atoms with Gasteiger partial charge in [-0.1, -0.05) is 16.8 Å². The van der Waals surface area contributed by atoms with Gasteiger partial charge in [-0.05, 0) is 13.8 Å². The molecule has 0 spiro atoms. The first-order valence-corrected chi connectivity index (χ1v) is 19.3. The number of nitrogens with two attached hydrogens (primary N) is 1. The molecule has 23 heteroatoms. The van der Waals surface area contributed by atoms with Crippen LogP contribution in [0.3, 0.4) is 0 Å². The van der Waals surface area contributed by atoms with E-state index < -0.39 is 81.6 Å². The van der Waals surface area contributed by atoms with Crippen molar-refractivity contribution in [2.75, 3.05) is 25.4 Å². The molecule has 0 aliphatic carbocycles. The van der Waals surface area contributed by atoms with Gasteiger partial charge in [-0.25, -0.2) is 14.6 Å². The van der Waals surface area contributed by atoms with E-state index in [0.717, 1.165) is 29.1 Å². The van der Waals surface area contributed by atoms with Crippen LogP contribution in [0.25, 0.3) is 10.9 Å². The topological polar surface area (TPSA) is 297 Å². The Morgan fingerprint density at radius 1 is 1.16 bits per heavy atom. The number of aromatic nitrogens is 3. The molecule has 2 fully saturated rings. The summed E-state index contributed by atoms with van der Waals surface area (Å²) in [5.41, 5.74) is 4.97. The molecule has 56 heavy (non-hydrogen) atoms. The Balaban J connectivity index is 1.29. The molecule has 0 unspecified atom stereocenters. The number of rotatable bonds is 14. The molecule has 3 aliphatic rings. The number of β-lactam (4-membered cyclic amide) rings is 1. The molecular formula is C33H36ClN8O12S2+. The van der Waals surface area contributed by atoms with Crippen LogP contribution >= 0.6 is 34.7 Å². The molecule has 5 heterocycles. The van der Waals surface area contributed by atoms with Crippen LogP contribution in [0.5, 0.6) is 11.5 Å². The Hall–Kier alpha value is -5.45. The number of amides is 2. The highest BCUT2D eigenvalue weighted by Crippen LogP contribution is 2.45. The number of carboxylic acid groups (broad SMARTS) is 3. The number of hydrogen-bond acceptors (Lipinski definition) is 15. The van der Waals surface area contributed by atoms with E-state index in [-0.39, 0.29) is 55.7 Å². The summed E-state index contributed by atoms with van der Waals surface area (Å²) < 4.78 is 1.73. The molecule has 3 aromatic rings. The van der Waals surface area contributed by atoms with E-state index in [9.17, 15) is 49.2 Å². The maximum atomic E-state index is 13.9. The second-order valence-corrected chi connectivity index (χ2v) is 16.1. The zero-order chi connectivity index (χ0) is 40.8. The maximum Gasteiger partial charge on any atom is 0.352 e. The van der Waals surface area contributed by atoms with Gasteiger partial charge in [0.25, 0.3) is 11.8 Å². The van der Waals surface area contributed by atoms with Gasteiger partial charge in [-0.2, -0.15) is 5.10 Å². The number of nitrogens with zero attached hydrogens (tertiary/aromatic N) is 6. The number of phenolic OH excluding ortho intramolecular Hbond substituents is 2. The Morgan fingerprint density at radius 2 is 1.86 bits per heavy atom. The summed E-state index contributed by atoms with van der Waals surface area (Å²) >= 11 is 8.50. The molecule has 2 aromatic heterocycles. The van der Waals surface area contributed by atoms with E-state index in [1.165, 1.54) is 27.9 Å². The van der Waals surface area contributed by atoms with Gasteiger partial charge < -0.3 is 45.9 Å². The van der Waals surface area contributed by atoms with E-state index in [0.29, 0.717) is 25.2 Å². The number of thioether (sulfide) groups is 1. The van der Waals surface area contributed by atoms with Crippen molar-refractivity contribution < 1.29 is 58.8 Å². The van der Waals surface area contributed by atoms with E-state index in [1.807, 2.05) is 0 Å². The van der Waals surface area contributed by atoms with Crippen molar-refractivity contribution in [3.8, 4) is 11.5 Å². The number of aromatic hydroxyl groups is 2. The van der Waals surface area contributed by atoms with Crippen molar-refractivity contribution in [1.82, 2.24) is 25.0 Å². The molecule has 1 aromatic carbocycles. The van der Waals surface area contributed by atoms with E-state index in [2.05, 4.69) is 20.6 Å². The summed E-state index contributed by atoms with van der Waals surface area (Å²) in [6.07, 6.45) is -1.41. The molecule has 0 saturated carbocycles. The quantitative estimate of drug-likeness (QED) is 0.0393. The second-order valence-electron chi connectivity index (χ2n) is 13.4. The van der Waals surface area contributed by atoms with Crippen molar-refractivity contribution in [2.24, 2.45) is 5.16 Å². The van der Waals surface area contributed by atoms with Crippen LogP contribution in [0, 0.1) is 0 Å². The highest BCUT2D eigenvalue weighted by molar-refractivity contribution is 8.00. The number of nitrogen functional groups attached to an aromatic ring is 1. The van der Waals surface area contributed by atoms with Gasteiger partial charge in [-0.3, -0.25) is 28.8 Å². The first kappa shape index (κ1) is 40.2. The monoisotopic (exact) mass is 835 g/mol. The van der Waals surface area contributed by atoms with Crippen molar-refractivity contribution in [2.45, 2.75) is 69.0 Å². The van der Waals surface area contributed by atoms with Gasteiger partial charge in [0.15, 0.2) is 28.0 Å². The Labute approximate surface area is 329 Å². The molecule has 298 valence electrons. The zero-order valence-electron chi connectivity index (χ0n) is 29.7. The number of aliphatic carboxylic acids is 3. The number of carbonyl (C=O) groups excluding carboxylic acids is 2. The van der Waals surface area contributed by atoms with Crippen molar-refractivity contribution in [1.29, 1.82) is 0 Å². The van der Waals surface area contributed by atoms with Gasteiger partial charge in [-0.15, -0.1) is 23.1 Å². The highest BCUT2D eigenvalue weighted by atomic mass is 35.5. The third-order valence-corrected chi connectivity index (χ3v) is 12.3. The van der Waals surface area contributed by atoms with Crippen LogP contribution in [-0.2, 0) is 41.9 Å². The molecular weight excluding hydrogens is 800 g/mol. The van der Waals surface area contributed by atoms with Gasteiger partial charge in [0.1, 0.15) is 35.9 Å². The molecule has 3 aliphatic heterocycles. The number of hydrogen-bond donors (Lipinski definition) is 7. The minimum Gasteiger partial charge on any atom is -0.504 e. The lowest BCUT2D eigenvalue weighted by Crippen LogP contribution is -2.71. The average Bonchev–Trinajstić information content (AvgIpc) is 3.79. The number of carboxylic acids is 3. The normalized spacial score (nSPS) is 21.1. The smallest absolute Gasteiger partial charge is 0.352 e. The SMILES string of the molecule is CCn1nc(C[N+]2(CC3=C(C(=O)O)N4C(=O)[C@@H](NC(=O)/C(=N\O[C@@H](CC(=O)O)C(=O)O)c5csc(N)n5)[C@H]4S[C@H]3C)CCCC2)c(=O)c2c(Cl)c(O)c(O)cc21. The largest absolute Gasteiger partial charge is 0.504 e. The van der Waals surface area contributed by atoms with Crippen LogP contribution in [0.4, 0.5) is 5.13 Å². The second kappa shape index (κ2) is 15.6. The number of thiazole rings is 1. The average molecular weight is 836 g/mol. The molecule has 2 amide bonds. The van der Waals surface area contributed by atoms with Crippen LogP contribution in [0.1, 0.15) is 44.5 Å². The number of aryl methyl sites for hydroxylation is 1. The van der Waals surface area contributed by atoms with Gasteiger partial charge in [0, 0.05) is 41.7 Å². The molecule has 0 bridgehead atoms. The van der Waals surface area contributed by atoms with Gasteiger partial charge >= 0.3 is 17.9 Å². The number of phenols is 2. The summed E-state index contributed by atoms with van der Waals surface area (Å²) in [5.74, 6) is -7.48. The third kappa shape index (κ3) is 7.43. The fraction of sp³-hybridized carbons (Fsp3) is 0.424. The number of oxime groups is 1. The number of halogens is 1. The molecule has 2 saturated heterocycles. The fourth-order valence-corrected chi connectivity index (χ4v) is 9.40. The van der Waals surface area contributed by atoms with Crippen LogP contribution < -0.4 is 16.5 Å². The Bertz CT molecular complexity index is 2290. The van der Waals surface area contributed by atoms with Crippen molar-refractivity contribution in [3.63, 3.8) is 0 Å². The lowest BCUT2D eigenvalue weighted by atomic mass is 9.99. The summed E-state index contributed by atoms with van der Waals surface area (Å²) in [4.78, 5) is 86.7. The number of carbonyl (C=O) groups is 5. The number of quaternary nitrogens is 1. The van der Waals surface area contributed by atoms with Crippen LogP contribution in [-0.4, -0.2) is 128 Å². The number of fused-ring (bicyclic) bond motifs is 2. The Kier molecular flexibility index (Phi) is 11.2. The van der Waals surface area contributed by atoms with Crippen LogP contribution in [0.15, 0.2) is 32.7 Å². The van der Waals surface area contributed by atoms with E-state index in [1.54, 1.807) is 13.8 Å². The van der Waals surface area contributed by atoms with Gasteiger partial charge in [0.2, 0.25) is 11.5 Å². The molecule has 8 N–H and O–H groups in total. The molecule has 4 atom stereocenters. The predicted molar refractivity (Wildman–Crippen MR) is 200 cm³/mol. The minimum absolute atomic E-state index is 0.0136. The van der Waals surface area contributed by atoms with E-state index >= 15 is 0 Å². The number of likely N-dealkylation sites (tertiary alicyclic amines) is 1. The molecule has 0 radical (unpaired) electrons. The molecule has 6 rings (SSSR count). The first-order valence-electron chi connectivity index (χ1n) is 17.1. The summed E-state index contributed by atoms with van der Waals surface area (Å²) in [5, 5.41) is 59.7. The van der Waals surface area contributed by atoms with Crippen LogP contribution in [0.2, 0.25) is 5.02 Å². The van der Waals surface area contributed by atoms with Gasteiger partial charge in [0.05, 0.1) is 35.4 Å². The molecule has 20 nitrogen and oxygen atoms in total. The summed E-state index contributed by atoms with van der Waals surface area (Å²) in [6.45, 7) is 5.20. The minimum atomic E-state index is -1.96. The lowest BCUT2D eigenvalue weighted by Gasteiger charge is -2.51. The lowest BCUT2D eigenvalue weighted by molar-refractivity contribution is -0.925. The fourth-order valence-electron chi connectivity index (χ4n) is 7.14. The number of benzene rings is 1. The van der Waals surface area contributed by atoms with Crippen molar-refractivity contribution in [3.05, 3.63) is 49.4 Å². The number of nitrogens with one attached hydrogen (secondary N) is 1. The highest BCUT2D eigenvalue weighted by Gasteiger charge is 2.57. The summed E-state index contributed by atoms with van der Waals surface area (Å²) in [7, 11) is 0. The maximum absolute atomic E-state index is 13.9.